The van der Waals surface area contributed by atoms with E-state index in [0.717, 1.165) is 0 Å². The van der Waals surface area contributed by atoms with Gasteiger partial charge in [-0.3, -0.25) is 4.68 Å². The first kappa shape index (κ1) is 14.0. The van der Waals surface area contributed by atoms with Crippen LogP contribution in [-0.4, -0.2) is 23.2 Å². The van der Waals surface area contributed by atoms with Crippen LogP contribution in [0.15, 0.2) is 33.9 Å². The van der Waals surface area contributed by atoms with E-state index in [2.05, 4.69) is 26.0 Å². The van der Waals surface area contributed by atoms with Crippen molar-refractivity contribution in [1.82, 2.24) is 14.8 Å². The molecule has 0 atom stereocenters. The molecule has 0 aliphatic heterocycles. The van der Waals surface area contributed by atoms with E-state index in [-0.39, 0.29) is 17.3 Å². The maximum Gasteiger partial charge on any atom is 0.241 e. The number of rotatable bonds is 4. The van der Waals surface area contributed by atoms with Gasteiger partial charge in [0.1, 0.15) is 23.6 Å². The number of benzene rings is 1. The molecule has 19 heavy (non-hydrogen) atoms. The molecule has 102 valence electrons. The zero-order valence-corrected chi connectivity index (χ0v) is 12.3. The van der Waals surface area contributed by atoms with Crippen LogP contribution in [0.5, 0.6) is 5.75 Å². The number of aromatic nitrogens is 3. The number of hydrogen-bond acceptors (Lipinski definition) is 5. The molecule has 0 aliphatic carbocycles. The highest BCUT2D eigenvalue weighted by molar-refractivity contribution is 9.10. The number of nitrogens with two attached hydrogens (primary N) is 1. The molecule has 2 aromatic rings. The minimum atomic E-state index is -3.85. The quantitative estimate of drug-likeness (QED) is 0.882. The number of ether oxygens (including phenoxy) is 1. The van der Waals surface area contributed by atoms with Gasteiger partial charge < -0.3 is 4.74 Å². The van der Waals surface area contributed by atoms with E-state index >= 15 is 0 Å². The minimum Gasteiger partial charge on any atom is -0.484 e. The largest absolute Gasteiger partial charge is 0.484 e. The summed E-state index contributed by atoms with van der Waals surface area (Å²) in [6.45, 7) is 0.0979. The molecule has 0 spiro atoms. The smallest absolute Gasteiger partial charge is 0.241 e. The van der Waals surface area contributed by atoms with Crippen molar-refractivity contribution in [2.24, 2.45) is 12.2 Å². The molecule has 0 bridgehead atoms. The summed E-state index contributed by atoms with van der Waals surface area (Å²) in [5.74, 6) is 0.747. The summed E-state index contributed by atoms with van der Waals surface area (Å²) in [5, 5.41) is 9.03. The fourth-order valence-electron chi connectivity index (χ4n) is 1.42. The summed E-state index contributed by atoms with van der Waals surface area (Å²) in [5.41, 5.74) is 0. The van der Waals surface area contributed by atoms with Crippen LogP contribution in [0.3, 0.4) is 0 Å². The highest BCUT2D eigenvalue weighted by Gasteiger charge is 2.16. The molecule has 0 aliphatic rings. The summed E-state index contributed by atoms with van der Waals surface area (Å²) in [7, 11) is -2.14. The second-order valence-corrected chi connectivity index (χ2v) is 6.17. The normalized spacial score (nSPS) is 11.5. The van der Waals surface area contributed by atoms with E-state index in [1.54, 1.807) is 13.1 Å². The molecule has 9 heteroatoms. The van der Waals surface area contributed by atoms with E-state index in [1.807, 2.05) is 0 Å². The number of halogens is 1. The van der Waals surface area contributed by atoms with Crippen LogP contribution in [-0.2, 0) is 23.7 Å². The van der Waals surface area contributed by atoms with Crippen molar-refractivity contribution < 1.29 is 13.2 Å². The van der Waals surface area contributed by atoms with Gasteiger partial charge in [-0.1, -0.05) is 15.9 Å². The third-order valence-corrected chi connectivity index (χ3v) is 3.80. The van der Waals surface area contributed by atoms with Gasteiger partial charge in [-0.05, 0) is 18.2 Å². The molecule has 0 saturated heterocycles. The molecule has 2 N–H and O–H groups in total. The third-order valence-electron chi connectivity index (χ3n) is 2.37. The van der Waals surface area contributed by atoms with E-state index in [4.69, 9.17) is 9.88 Å². The molecule has 0 amide bonds. The molecule has 1 heterocycles. The molecule has 1 aromatic heterocycles. The lowest BCUT2D eigenvalue weighted by Crippen LogP contribution is -2.14. The Morgan fingerprint density at radius 2 is 2.21 bits per heavy atom. The van der Waals surface area contributed by atoms with Gasteiger partial charge in [0.25, 0.3) is 0 Å². The van der Waals surface area contributed by atoms with E-state index in [1.165, 1.54) is 23.1 Å². The molecular formula is C10H11BrN4O3S. The van der Waals surface area contributed by atoms with Crippen LogP contribution >= 0.6 is 15.9 Å². The Morgan fingerprint density at radius 1 is 1.47 bits per heavy atom. The fraction of sp³-hybridized carbons (Fsp3) is 0.200. The van der Waals surface area contributed by atoms with Crippen LogP contribution in [0.1, 0.15) is 5.82 Å². The zero-order chi connectivity index (χ0) is 14.0. The number of aryl methyl sites for hydroxylation is 1. The first-order chi connectivity index (χ1) is 8.88. The average molecular weight is 347 g/mol. The van der Waals surface area contributed by atoms with E-state index < -0.39 is 10.0 Å². The van der Waals surface area contributed by atoms with Gasteiger partial charge in [-0.25, -0.2) is 18.5 Å². The molecule has 1 aromatic carbocycles. The van der Waals surface area contributed by atoms with E-state index in [9.17, 15) is 8.42 Å². The molecule has 0 saturated carbocycles. The molecule has 0 unspecified atom stereocenters. The van der Waals surface area contributed by atoms with Gasteiger partial charge >= 0.3 is 0 Å². The SMILES string of the molecule is Cn1ncnc1COc1ccc(Br)cc1S(N)(=O)=O. The summed E-state index contributed by atoms with van der Waals surface area (Å²) in [6.07, 6.45) is 1.39. The zero-order valence-electron chi connectivity index (χ0n) is 9.95. The molecule has 7 nitrogen and oxygen atoms in total. The second kappa shape index (κ2) is 5.27. The Kier molecular flexibility index (Phi) is 3.88. The highest BCUT2D eigenvalue weighted by Crippen LogP contribution is 2.27. The second-order valence-electron chi connectivity index (χ2n) is 3.72. The summed E-state index contributed by atoms with van der Waals surface area (Å²) < 4.78 is 30.5. The first-order valence-corrected chi connectivity index (χ1v) is 7.50. The Hall–Kier alpha value is -1.45. The number of nitrogens with zero attached hydrogens (tertiary/aromatic N) is 3. The molecule has 0 fully saturated rings. The number of sulfonamides is 1. The maximum atomic E-state index is 11.5. The summed E-state index contributed by atoms with van der Waals surface area (Å²) >= 11 is 3.19. The van der Waals surface area contributed by atoms with Crippen molar-refractivity contribution >= 4 is 26.0 Å². The Morgan fingerprint density at radius 3 is 2.79 bits per heavy atom. The Labute approximate surface area is 118 Å². The van der Waals surface area contributed by atoms with Crippen molar-refractivity contribution in [1.29, 1.82) is 0 Å². The van der Waals surface area contributed by atoms with Crippen molar-refractivity contribution in [3.63, 3.8) is 0 Å². The minimum absolute atomic E-state index is 0.0796. The first-order valence-electron chi connectivity index (χ1n) is 5.16. The topological polar surface area (TPSA) is 100 Å². The van der Waals surface area contributed by atoms with E-state index in [0.29, 0.717) is 10.3 Å². The Balaban J connectivity index is 2.28. The van der Waals surface area contributed by atoms with Gasteiger partial charge in [0.2, 0.25) is 10.0 Å². The number of primary sulfonamides is 1. The monoisotopic (exact) mass is 346 g/mol. The third kappa shape index (κ3) is 3.31. The lowest BCUT2D eigenvalue weighted by molar-refractivity contribution is 0.282. The summed E-state index contributed by atoms with van der Waals surface area (Å²) in [6, 6.07) is 4.59. The van der Waals surface area contributed by atoms with Crippen molar-refractivity contribution in [2.75, 3.05) is 0 Å². The average Bonchev–Trinajstić information content (AvgIpc) is 2.72. The molecular weight excluding hydrogens is 336 g/mol. The molecule has 0 radical (unpaired) electrons. The van der Waals surface area contributed by atoms with Crippen molar-refractivity contribution in [3.05, 3.63) is 34.8 Å². The lowest BCUT2D eigenvalue weighted by atomic mass is 10.3. The predicted molar refractivity (Wildman–Crippen MR) is 70.9 cm³/mol. The van der Waals surface area contributed by atoms with Gasteiger partial charge in [-0.2, -0.15) is 5.10 Å². The van der Waals surface area contributed by atoms with Gasteiger partial charge in [-0.15, -0.1) is 0 Å². The van der Waals surface area contributed by atoms with Crippen LogP contribution < -0.4 is 9.88 Å². The fourth-order valence-corrected chi connectivity index (χ4v) is 2.63. The van der Waals surface area contributed by atoms with Gasteiger partial charge in [0, 0.05) is 11.5 Å². The number of hydrogen-bond donors (Lipinski definition) is 1. The standard InChI is InChI=1S/C10H11BrN4O3S/c1-15-10(13-6-14-15)5-18-8-3-2-7(11)4-9(8)19(12,16)17/h2-4,6H,5H2,1H3,(H2,12,16,17). The van der Waals surface area contributed by atoms with Crippen LogP contribution in [0.2, 0.25) is 0 Å². The summed E-state index contributed by atoms with van der Waals surface area (Å²) in [4.78, 5) is 3.90. The van der Waals surface area contributed by atoms with Gasteiger partial charge in [0.05, 0.1) is 0 Å². The molecule has 2 rings (SSSR count). The maximum absolute atomic E-state index is 11.5. The van der Waals surface area contributed by atoms with Crippen LogP contribution in [0.25, 0.3) is 0 Å². The highest BCUT2D eigenvalue weighted by atomic mass is 79.9. The Bertz CT molecular complexity index is 699. The predicted octanol–water partition coefficient (Wildman–Crippen LogP) is 0.804. The lowest BCUT2D eigenvalue weighted by Gasteiger charge is -2.10. The van der Waals surface area contributed by atoms with Crippen molar-refractivity contribution in [3.8, 4) is 5.75 Å². The van der Waals surface area contributed by atoms with Crippen LogP contribution in [0, 0.1) is 0 Å². The van der Waals surface area contributed by atoms with Gasteiger partial charge in [0.15, 0.2) is 5.82 Å². The van der Waals surface area contributed by atoms with Crippen LogP contribution in [0.4, 0.5) is 0 Å². The van der Waals surface area contributed by atoms with Crippen molar-refractivity contribution in [2.45, 2.75) is 11.5 Å².